The van der Waals surface area contributed by atoms with Gasteiger partial charge in [-0.1, -0.05) is 24.3 Å². The Morgan fingerprint density at radius 3 is 1.66 bits per heavy atom. The number of aromatic amines is 1. The van der Waals surface area contributed by atoms with E-state index in [4.69, 9.17) is 21.3 Å². The molecule has 3 aromatic carbocycles. The first kappa shape index (κ1) is 20.2. The van der Waals surface area contributed by atoms with Crippen LogP contribution in [0, 0.1) is 0 Å². The van der Waals surface area contributed by atoms with Crippen molar-refractivity contribution in [1.82, 2.24) is 4.98 Å². The number of nitrogen functional groups attached to an aromatic ring is 2. The van der Waals surface area contributed by atoms with Crippen molar-refractivity contribution in [2.45, 2.75) is 6.92 Å². The number of fused-ring (bicyclic) bond motifs is 3. The van der Waals surface area contributed by atoms with Crippen LogP contribution in [-0.4, -0.2) is 29.9 Å². The highest BCUT2D eigenvalue weighted by Gasteiger charge is 2.22. The monoisotopic (exact) mass is 397 g/mol. The van der Waals surface area contributed by atoms with Crippen LogP contribution in [0.2, 0.25) is 0 Å². The van der Waals surface area contributed by atoms with E-state index < -0.39 is 22.0 Å². The molecule has 0 aliphatic rings. The topological polar surface area (TPSA) is 166 Å². The average molecular weight is 397 g/mol. The van der Waals surface area contributed by atoms with Gasteiger partial charge in [0, 0.05) is 17.4 Å². The fraction of sp³-hybridized carbons (Fsp3) is 0.200. The molecule has 1 aromatic heterocycles. The quantitative estimate of drug-likeness (QED) is 0.162. The molecule has 9 heteroatoms. The van der Waals surface area contributed by atoms with Gasteiger partial charge in [-0.05, 0) is 6.92 Å². The normalized spacial score (nSPS) is 11.1. The van der Waals surface area contributed by atoms with Crippen molar-refractivity contribution in [3.8, 4) is 0 Å². The number of nitrogens with two attached hydrogens (primary N) is 2. The summed E-state index contributed by atoms with van der Waals surface area (Å²) >= 11 is 0. The van der Waals surface area contributed by atoms with E-state index in [2.05, 4.69) is 4.98 Å². The number of aromatic nitrogens is 1. The Morgan fingerprint density at radius 2 is 1.31 bits per heavy atom. The van der Waals surface area contributed by atoms with Gasteiger partial charge in [-0.2, -0.15) is 0 Å². The molecule has 0 aliphatic carbocycles. The number of aliphatic hydroxyl groups is 1. The second-order valence-corrected chi connectivity index (χ2v) is 6.23. The Labute approximate surface area is 162 Å². The molecule has 4 rings (SSSR count). The standard InChI is InChI=1S/C16H9N3O4.C4H10O2/c17-11-7-8(12(18)10-9(11)15(22)19-16(10)23)14(21)6-4-2-1-3-5(6)13(7)20;1-2-6-4-3-5/h1-4H,17-18H2,(H,19,22,23);5H,2-4H2,1H3. The number of rotatable bonds is 3. The summed E-state index contributed by atoms with van der Waals surface area (Å²) < 4.78 is 4.73. The highest BCUT2D eigenvalue weighted by atomic mass is 16.5. The van der Waals surface area contributed by atoms with Gasteiger partial charge in [-0.3, -0.25) is 24.2 Å². The SMILES string of the molecule is CCOCCO.Nc1c2c(=O)[nH]c(=O)c2c(N)c2c(=O)c3ccccc3c(=O)c12. The second kappa shape index (κ2) is 7.82. The molecule has 0 aliphatic heterocycles. The third-order valence-electron chi connectivity index (χ3n) is 4.57. The van der Waals surface area contributed by atoms with Crippen molar-refractivity contribution in [3.63, 3.8) is 0 Å². The van der Waals surface area contributed by atoms with Crippen LogP contribution in [0.25, 0.3) is 32.3 Å². The molecule has 6 N–H and O–H groups in total. The van der Waals surface area contributed by atoms with E-state index in [0.29, 0.717) is 13.2 Å². The van der Waals surface area contributed by atoms with Crippen molar-refractivity contribution in [3.05, 3.63) is 65.4 Å². The summed E-state index contributed by atoms with van der Waals surface area (Å²) in [5.74, 6) is 0. The smallest absolute Gasteiger partial charge is 0.261 e. The van der Waals surface area contributed by atoms with E-state index in [9.17, 15) is 19.2 Å². The molecule has 0 saturated carbocycles. The maximum Gasteiger partial charge on any atom is 0.261 e. The molecule has 9 nitrogen and oxygen atoms in total. The van der Waals surface area contributed by atoms with Crippen molar-refractivity contribution in [1.29, 1.82) is 0 Å². The van der Waals surface area contributed by atoms with Crippen molar-refractivity contribution in [2.24, 2.45) is 0 Å². The fourth-order valence-corrected chi connectivity index (χ4v) is 3.32. The lowest BCUT2D eigenvalue weighted by molar-refractivity contribution is 0.102. The van der Waals surface area contributed by atoms with Gasteiger partial charge in [0.1, 0.15) is 0 Å². The van der Waals surface area contributed by atoms with Crippen LogP contribution in [0.1, 0.15) is 6.92 Å². The van der Waals surface area contributed by atoms with Crippen LogP contribution < -0.4 is 33.4 Å². The first-order valence-electron chi connectivity index (χ1n) is 8.82. The van der Waals surface area contributed by atoms with Gasteiger partial charge >= 0.3 is 0 Å². The van der Waals surface area contributed by atoms with Crippen LogP contribution in [0.15, 0.2) is 43.4 Å². The average Bonchev–Trinajstić information content (AvgIpc) is 3.02. The van der Waals surface area contributed by atoms with E-state index in [1.54, 1.807) is 12.1 Å². The highest BCUT2D eigenvalue weighted by Crippen LogP contribution is 2.30. The zero-order valence-corrected chi connectivity index (χ0v) is 15.6. The Bertz CT molecular complexity index is 1320. The number of anilines is 2. The molecule has 0 fully saturated rings. The Morgan fingerprint density at radius 1 is 0.862 bits per heavy atom. The summed E-state index contributed by atoms with van der Waals surface area (Å²) in [7, 11) is 0. The molecular formula is C20H19N3O6. The van der Waals surface area contributed by atoms with Gasteiger partial charge in [0.2, 0.25) is 0 Å². The highest BCUT2D eigenvalue weighted by molar-refractivity contribution is 6.20. The predicted molar refractivity (Wildman–Crippen MR) is 113 cm³/mol. The van der Waals surface area contributed by atoms with E-state index in [1.165, 1.54) is 12.1 Å². The molecule has 1 heterocycles. The molecular weight excluding hydrogens is 378 g/mol. The fourth-order valence-electron chi connectivity index (χ4n) is 3.32. The number of ether oxygens (including phenoxy) is 1. The molecule has 0 radical (unpaired) electrons. The van der Waals surface area contributed by atoms with Crippen molar-refractivity contribution < 1.29 is 9.84 Å². The first-order chi connectivity index (χ1) is 13.8. The van der Waals surface area contributed by atoms with Crippen LogP contribution in [0.4, 0.5) is 11.4 Å². The first-order valence-corrected chi connectivity index (χ1v) is 8.82. The number of hydrogen-bond donors (Lipinski definition) is 4. The van der Waals surface area contributed by atoms with Crippen LogP contribution in [-0.2, 0) is 4.74 Å². The number of nitrogens with one attached hydrogen (secondary N) is 1. The minimum absolute atomic E-state index is 0.116. The van der Waals surface area contributed by atoms with E-state index in [0.717, 1.165) is 0 Å². The largest absolute Gasteiger partial charge is 0.397 e. The molecule has 150 valence electrons. The summed E-state index contributed by atoms with van der Waals surface area (Å²) in [5, 5.41) is 7.94. The summed E-state index contributed by atoms with van der Waals surface area (Å²) in [6.07, 6.45) is 0. The van der Waals surface area contributed by atoms with Gasteiger partial charge < -0.3 is 21.3 Å². The van der Waals surface area contributed by atoms with E-state index >= 15 is 0 Å². The number of hydrogen-bond acceptors (Lipinski definition) is 8. The number of H-pyrrole nitrogens is 1. The minimum atomic E-state index is -0.726. The molecule has 29 heavy (non-hydrogen) atoms. The van der Waals surface area contributed by atoms with E-state index in [1.807, 2.05) is 6.92 Å². The molecule has 0 unspecified atom stereocenters. The Hall–Kier alpha value is -3.56. The molecule has 0 spiro atoms. The molecule has 0 amide bonds. The van der Waals surface area contributed by atoms with Crippen LogP contribution in [0.3, 0.4) is 0 Å². The molecule has 4 aromatic rings. The van der Waals surface area contributed by atoms with Gasteiger partial charge in [0.05, 0.1) is 46.1 Å². The van der Waals surface area contributed by atoms with Gasteiger partial charge in [0.25, 0.3) is 11.1 Å². The van der Waals surface area contributed by atoms with Gasteiger partial charge in [-0.15, -0.1) is 0 Å². The van der Waals surface area contributed by atoms with Crippen molar-refractivity contribution >= 4 is 43.7 Å². The Balaban J connectivity index is 0.000000353. The zero-order valence-electron chi connectivity index (χ0n) is 15.6. The summed E-state index contributed by atoms with van der Waals surface area (Å²) in [6.45, 7) is 3.20. The Kier molecular flexibility index (Phi) is 5.44. The third-order valence-corrected chi connectivity index (χ3v) is 4.57. The van der Waals surface area contributed by atoms with Gasteiger partial charge in [-0.25, -0.2) is 0 Å². The molecule has 0 saturated heterocycles. The number of benzene rings is 3. The maximum atomic E-state index is 12.7. The van der Waals surface area contributed by atoms with Gasteiger partial charge in [0.15, 0.2) is 10.9 Å². The van der Waals surface area contributed by atoms with Crippen LogP contribution >= 0.6 is 0 Å². The lowest BCUT2D eigenvalue weighted by atomic mass is 9.97. The lowest BCUT2D eigenvalue weighted by Crippen LogP contribution is -2.17. The summed E-state index contributed by atoms with van der Waals surface area (Å²) in [4.78, 5) is 51.3. The summed E-state index contributed by atoms with van der Waals surface area (Å²) in [6, 6.07) is 6.26. The lowest BCUT2D eigenvalue weighted by Gasteiger charge is -2.07. The van der Waals surface area contributed by atoms with Crippen molar-refractivity contribution in [2.75, 3.05) is 31.3 Å². The minimum Gasteiger partial charge on any atom is -0.397 e. The second-order valence-electron chi connectivity index (χ2n) is 6.23. The molecule has 0 atom stereocenters. The maximum absolute atomic E-state index is 12.7. The number of aliphatic hydroxyl groups excluding tert-OH is 1. The van der Waals surface area contributed by atoms with Crippen LogP contribution in [0.5, 0.6) is 0 Å². The zero-order chi connectivity index (χ0) is 21.3. The summed E-state index contributed by atoms with van der Waals surface area (Å²) in [5.41, 5.74) is 9.07. The predicted octanol–water partition coefficient (Wildman–Crippen LogP) is -0.0297. The van der Waals surface area contributed by atoms with E-state index in [-0.39, 0.29) is 50.3 Å². The third kappa shape index (κ3) is 3.16. The molecule has 0 bridgehead atoms.